The van der Waals surface area contributed by atoms with Crippen molar-refractivity contribution in [2.45, 2.75) is 24.3 Å². The van der Waals surface area contributed by atoms with Crippen LogP contribution in [-0.4, -0.2) is 41.2 Å². The lowest BCUT2D eigenvalue weighted by molar-refractivity contribution is -0.123. The zero-order valence-corrected chi connectivity index (χ0v) is 16.9. The van der Waals surface area contributed by atoms with Gasteiger partial charge in [-0.3, -0.25) is 4.79 Å². The van der Waals surface area contributed by atoms with Crippen LogP contribution in [0.5, 0.6) is 5.75 Å². The van der Waals surface area contributed by atoms with Crippen LogP contribution in [0.25, 0.3) is 0 Å². The third-order valence-electron chi connectivity index (χ3n) is 3.98. The molecule has 1 amide bonds. The molecule has 0 aliphatic carbocycles. The first kappa shape index (κ1) is 21.9. The minimum Gasteiger partial charge on any atom is -0.484 e. The molecule has 0 aromatic heterocycles. The number of nitrogens with one attached hydrogen (secondary N) is 2. The highest BCUT2D eigenvalue weighted by atomic mass is 32.2. The molecule has 0 radical (unpaired) electrons. The van der Waals surface area contributed by atoms with E-state index in [2.05, 4.69) is 10.0 Å². The Bertz CT molecular complexity index is 839. The highest BCUT2D eigenvalue weighted by Gasteiger charge is 2.18. The molecule has 2 rings (SSSR count). The van der Waals surface area contributed by atoms with E-state index in [1.54, 1.807) is 14.0 Å². The highest BCUT2D eigenvalue weighted by molar-refractivity contribution is 7.89. The average molecular weight is 407 g/mol. The minimum absolute atomic E-state index is 0.131. The molecule has 152 valence electrons. The van der Waals surface area contributed by atoms with Crippen LogP contribution < -0.4 is 14.8 Å². The van der Waals surface area contributed by atoms with Crippen molar-refractivity contribution in [3.05, 3.63) is 60.2 Å². The molecule has 0 saturated heterocycles. The Morgan fingerprint density at radius 2 is 1.75 bits per heavy atom. The fourth-order valence-corrected chi connectivity index (χ4v) is 3.70. The summed E-state index contributed by atoms with van der Waals surface area (Å²) in [4.78, 5) is 11.8. The first-order valence-corrected chi connectivity index (χ1v) is 10.5. The summed E-state index contributed by atoms with van der Waals surface area (Å²) in [6, 6.07) is 14.9. The second-order valence-corrected chi connectivity index (χ2v) is 7.92. The normalized spacial score (nSPS) is 12.4. The number of methoxy groups -OCH3 is 1. The third-order valence-corrected chi connectivity index (χ3v) is 5.54. The van der Waals surface area contributed by atoms with Crippen LogP contribution in [0, 0.1) is 0 Å². The lowest BCUT2D eigenvalue weighted by atomic mass is 10.1. The molecule has 0 unspecified atom stereocenters. The molecule has 0 aliphatic heterocycles. The standard InChI is InChI=1S/C20H26N2O5S/c1-16(17-7-4-3-5-8-17)22-28(24,25)19-11-9-18(10-12-19)27-15-20(23)21-13-6-14-26-2/h3-5,7-12,16,22H,6,13-15H2,1-2H3,(H,21,23)/t16-/m1/s1. The van der Waals surface area contributed by atoms with Gasteiger partial charge in [0.25, 0.3) is 5.91 Å². The van der Waals surface area contributed by atoms with Gasteiger partial charge in [-0.05, 0) is 43.2 Å². The van der Waals surface area contributed by atoms with E-state index in [0.29, 0.717) is 18.9 Å². The number of carbonyl (C=O) groups is 1. The van der Waals surface area contributed by atoms with E-state index in [1.807, 2.05) is 30.3 Å². The van der Waals surface area contributed by atoms with Gasteiger partial charge < -0.3 is 14.8 Å². The van der Waals surface area contributed by atoms with E-state index in [1.165, 1.54) is 24.3 Å². The largest absolute Gasteiger partial charge is 0.484 e. The van der Waals surface area contributed by atoms with Gasteiger partial charge in [-0.15, -0.1) is 0 Å². The first-order valence-electron chi connectivity index (χ1n) is 8.98. The maximum Gasteiger partial charge on any atom is 0.257 e. The van der Waals surface area contributed by atoms with Gasteiger partial charge in [-0.25, -0.2) is 13.1 Å². The quantitative estimate of drug-likeness (QED) is 0.558. The highest BCUT2D eigenvalue weighted by Crippen LogP contribution is 2.19. The Hall–Kier alpha value is -2.42. The minimum atomic E-state index is -3.67. The van der Waals surface area contributed by atoms with Gasteiger partial charge in [0.1, 0.15) is 5.75 Å². The van der Waals surface area contributed by atoms with Gasteiger partial charge in [0.05, 0.1) is 4.90 Å². The summed E-state index contributed by atoms with van der Waals surface area (Å²) < 4.78 is 38.0. The molecule has 2 N–H and O–H groups in total. The lowest BCUT2D eigenvalue weighted by Gasteiger charge is -2.15. The van der Waals surface area contributed by atoms with Gasteiger partial charge in [-0.1, -0.05) is 30.3 Å². The van der Waals surface area contributed by atoms with Crippen LogP contribution in [0.15, 0.2) is 59.5 Å². The summed E-state index contributed by atoms with van der Waals surface area (Å²) in [5.41, 5.74) is 0.877. The van der Waals surface area contributed by atoms with Crippen molar-refractivity contribution in [1.29, 1.82) is 0 Å². The zero-order valence-electron chi connectivity index (χ0n) is 16.1. The summed E-state index contributed by atoms with van der Waals surface area (Å²) in [6.07, 6.45) is 0.725. The molecule has 0 aliphatic rings. The third kappa shape index (κ3) is 6.95. The number of rotatable bonds is 11. The van der Waals surface area contributed by atoms with Crippen molar-refractivity contribution in [2.24, 2.45) is 0 Å². The smallest absolute Gasteiger partial charge is 0.257 e. The van der Waals surface area contributed by atoms with Gasteiger partial charge >= 0.3 is 0 Å². The Kier molecular flexibility index (Phi) is 8.43. The van der Waals surface area contributed by atoms with Crippen molar-refractivity contribution < 1.29 is 22.7 Å². The fourth-order valence-electron chi connectivity index (χ4n) is 2.47. The van der Waals surface area contributed by atoms with E-state index in [9.17, 15) is 13.2 Å². The van der Waals surface area contributed by atoms with Gasteiger partial charge in [0.2, 0.25) is 10.0 Å². The number of benzene rings is 2. The van der Waals surface area contributed by atoms with Crippen molar-refractivity contribution in [3.63, 3.8) is 0 Å². The lowest BCUT2D eigenvalue weighted by Crippen LogP contribution is -2.30. The molecule has 0 fully saturated rings. The summed E-state index contributed by atoms with van der Waals surface area (Å²) in [7, 11) is -2.07. The van der Waals surface area contributed by atoms with E-state index in [-0.39, 0.29) is 23.5 Å². The van der Waals surface area contributed by atoms with Crippen LogP contribution in [0.1, 0.15) is 24.9 Å². The molecular weight excluding hydrogens is 380 g/mol. The Balaban J connectivity index is 1.87. The number of sulfonamides is 1. The zero-order chi connectivity index (χ0) is 20.4. The van der Waals surface area contributed by atoms with Crippen molar-refractivity contribution in [3.8, 4) is 5.75 Å². The Morgan fingerprint density at radius 3 is 2.39 bits per heavy atom. The van der Waals surface area contributed by atoms with Crippen molar-refractivity contribution in [2.75, 3.05) is 26.9 Å². The van der Waals surface area contributed by atoms with Crippen molar-refractivity contribution >= 4 is 15.9 Å². The summed E-state index contributed by atoms with van der Waals surface area (Å²) >= 11 is 0. The number of hydrogen-bond acceptors (Lipinski definition) is 5. The van der Waals surface area contributed by atoms with Crippen LogP contribution in [-0.2, 0) is 19.6 Å². The molecule has 0 heterocycles. The van der Waals surface area contributed by atoms with Crippen LogP contribution in [0.3, 0.4) is 0 Å². The first-order chi connectivity index (χ1) is 13.4. The molecule has 7 nitrogen and oxygen atoms in total. The molecule has 1 atom stereocenters. The van der Waals surface area contributed by atoms with E-state index in [4.69, 9.17) is 9.47 Å². The number of hydrogen-bond donors (Lipinski definition) is 2. The average Bonchev–Trinajstić information content (AvgIpc) is 2.70. The van der Waals surface area contributed by atoms with Gasteiger partial charge in [0, 0.05) is 26.3 Å². The molecule has 2 aromatic rings. The monoisotopic (exact) mass is 406 g/mol. The van der Waals surface area contributed by atoms with E-state index in [0.717, 1.165) is 12.0 Å². The number of amides is 1. The topological polar surface area (TPSA) is 93.7 Å². The Labute approximate surface area is 166 Å². The predicted octanol–water partition coefficient (Wildman–Crippen LogP) is 2.26. The molecule has 0 saturated carbocycles. The van der Waals surface area contributed by atoms with Crippen LogP contribution >= 0.6 is 0 Å². The van der Waals surface area contributed by atoms with Crippen LogP contribution in [0.4, 0.5) is 0 Å². The molecule has 8 heteroatoms. The Morgan fingerprint density at radius 1 is 1.07 bits per heavy atom. The number of carbonyl (C=O) groups excluding carboxylic acids is 1. The molecular formula is C20H26N2O5S. The van der Waals surface area contributed by atoms with Crippen molar-refractivity contribution in [1.82, 2.24) is 10.0 Å². The molecule has 0 spiro atoms. The fraction of sp³-hybridized carbons (Fsp3) is 0.350. The second-order valence-electron chi connectivity index (χ2n) is 6.21. The van der Waals surface area contributed by atoms with Gasteiger partial charge in [-0.2, -0.15) is 0 Å². The summed E-state index contributed by atoms with van der Waals surface area (Å²) in [5.74, 6) is 0.174. The van der Waals surface area contributed by atoms with E-state index < -0.39 is 10.0 Å². The maximum atomic E-state index is 12.5. The predicted molar refractivity (Wildman–Crippen MR) is 107 cm³/mol. The maximum absolute atomic E-state index is 12.5. The molecule has 0 bridgehead atoms. The van der Waals surface area contributed by atoms with Gasteiger partial charge in [0.15, 0.2) is 6.61 Å². The SMILES string of the molecule is COCCCNC(=O)COc1ccc(S(=O)(=O)N[C@H](C)c2ccccc2)cc1. The van der Waals surface area contributed by atoms with E-state index >= 15 is 0 Å². The summed E-state index contributed by atoms with van der Waals surface area (Å²) in [6.45, 7) is 2.74. The summed E-state index contributed by atoms with van der Waals surface area (Å²) in [5, 5.41) is 2.71. The second kappa shape index (κ2) is 10.8. The van der Waals surface area contributed by atoms with Crippen LogP contribution in [0.2, 0.25) is 0 Å². The molecule has 28 heavy (non-hydrogen) atoms. The number of ether oxygens (including phenoxy) is 2. The molecule has 2 aromatic carbocycles.